The van der Waals surface area contributed by atoms with Gasteiger partial charge in [0.1, 0.15) is 11.9 Å². The standard InChI is InChI=1S/C15H26N2O3/c1-4-15(5-2,6-3)11-17-14(19)16-10-12(18)13-8-7-9-20-13/h7-9,12,18H,4-6,10-11H2,1-3H3,(H2,16,17,19). The molecular weight excluding hydrogens is 256 g/mol. The van der Waals surface area contributed by atoms with Crippen LogP contribution >= 0.6 is 0 Å². The van der Waals surface area contributed by atoms with E-state index in [1.54, 1.807) is 12.1 Å². The van der Waals surface area contributed by atoms with E-state index in [1.807, 2.05) is 0 Å². The van der Waals surface area contributed by atoms with Crippen molar-refractivity contribution in [3.05, 3.63) is 24.2 Å². The largest absolute Gasteiger partial charge is 0.467 e. The zero-order chi connectivity index (χ0) is 15.0. The van der Waals surface area contributed by atoms with E-state index >= 15 is 0 Å². The first-order valence-electron chi connectivity index (χ1n) is 7.30. The molecule has 20 heavy (non-hydrogen) atoms. The third kappa shape index (κ3) is 4.56. The van der Waals surface area contributed by atoms with E-state index in [0.717, 1.165) is 19.3 Å². The van der Waals surface area contributed by atoms with Gasteiger partial charge in [0.2, 0.25) is 0 Å². The molecule has 5 heteroatoms. The van der Waals surface area contributed by atoms with E-state index in [2.05, 4.69) is 31.4 Å². The maximum Gasteiger partial charge on any atom is 0.314 e. The zero-order valence-electron chi connectivity index (χ0n) is 12.6. The average Bonchev–Trinajstić information content (AvgIpc) is 3.01. The first-order chi connectivity index (χ1) is 9.56. The lowest BCUT2D eigenvalue weighted by Crippen LogP contribution is -2.43. The summed E-state index contributed by atoms with van der Waals surface area (Å²) >= 11 is 0. The predicted octanol–water partition coefficient (Wildman–Crippen LogP) is 2.83. The minimum Gasteiger partial charge on any atom is -0.467 e. The molecule has 1 unspecified atom stereocenters. The van der Waals surface area contributed by atoms with Gasteiger partial charge in [-0.05, 0) is 36.8 Å². The van der Waals surface area contributed by atoms with E-state index in [-0.39, 0.29) is 18.0 Å². The molecule has 1 heterocycles. The maximum atomic E-state index is 11.7. The number of amides is 2. The van der Waals surface area contributed by atoms with Crippen LogP contribution in [0.1, 0.15) is 51.9 Å². The summed E-state index contributed by atoms with van der Waals surface area (Å²) in [5, 5.41) is 15.3. The Morgan fingerprint density at radius 1 is 1.30 bits per heavy atom. The zero-order valence-corrected chi connectivity index (χ0v) is 12.6. The molecule has 1 aromatic heterocycles. The Balaban J connectivity index is 2.33. The lowest BCUT2D eigenvalue weighted by molar-refractivity contribution is 0.147. The number of aliphatic hydroxyl groups is 1. The molecule has 0 fully saturated rings. The quantitative estimate of drug-likeness (QED) is 0.686. The normalized spacial score (nSPS) is 13.0. The van der Waals surface area contributed by atoms with Crippen LogP contribution in [0.2, 0.25) is 0 Å². The Bertz CT molecular complexity index is 378. The number of hydrogen-bond acceptors (Lipinski definition) is 3. The minimum atomic E-state index is -0.816. The monoisotopic (exact) mass is 282 g/mol. The molecule has 114 valence electrons. The van der Waals surface area contributed by atoms with Crippen LogP contribution in [0.3, 0.4) is 0 Å². The van der Waals surface area contributed by atoms with Gasteiger partial charge in [-0.15, -0.1) is 0 Å². The van der Waals surface area contributed by atoms with Crippen molar-refractivity contribution in [3.63, 3.8) is 0 Å². The Morgan fingerprint density at radius 2 is 1.95 bits per heavy atom. The van der Waals surface area contributed by atoms with Gasteiger partial charge in [-0.25, -0.2) is 4.79 Å². The molecule has 0 saturated carbocycles. The van der Waals surface area contributed by atoms with Crippen molar-refractivity contribution >= 4 is 6.03 Å². The van der Waals surface area contributed by atoms with Crippen LogP contribution in [-0.2, 0) is 0 Å². The third-order valence-corrected chi connectivity index (χ3v) is 4.20. The lowest BCUT2D eigenvalue weighted by atomic mass is 9.80. The Labute approximate surface area is 120 Å². The van der Waals surface area contributed by atoms with Crippen LogP contribution in [0.4, 0.5) is 4.79 Å². The van der Waals surface area contributed by atoms with E-state index in [1.165, 1.54) is 6.26 Å². The summed E-state index contributed by atoms with van der Waals surface area (Å²) in [6, 6.07) is 3.13. The number of aliphatic hydroxyl groups excluding tert-OH is 1. The SMILES string of the molecule is CCC(CC)(CC)CNC(=O)NCC(O)c1ccco1. The highest BCUT2D eigenvalue weighted by Gasteiger charge is 2.24. The molecule has 1 atom stereocenters. The summed E-state index contributed by atoms with van der Waals surface area (Å²) in [4.78, 5) is 11.7. The predicted molar refractivity (Wildman–Crippen MR) is 78.4 cm³/mol. The van der Waals surface area contributed by atoms with Crippen molar-refractivity contribution in [2.24, 2.45) is 5.41 Å². The summed E-state index contributed by atoms with van der Waals surface area (Å²) < 4.78 is 5.07. The number of urea groups is 1. The van der Waals surface area contributed by atoms with Gasteiger partial charge in [0.15, 0.2) is 0 Å². The summed E-state index contributed by atoms with van der Waals surface area (Å²) in [6.07, 6.45) is 3.79. The maximum absolute atomic E-state index is 11.7. The van der Waals surface area contributed by atoms with Crippen LogP contribution in [-0.4, -0.2) is 24.2 Å². The molecule has 0 aliphatic carbocycles. The van der Waals surface area contributed by atoms with Gasteiger partial charge in [0.25, 0.3) is 0 Å². The van der Waals surface area contributed by atoms with Gasteiger partial charge in [0, 0.05) is 6.54 Å². The molecule has 0 aliphatic heterocycles. The molecule has 0 spiro atoms. The topological polar surface area (TPSA) is 74.5 Å². The van der Waals surface area contributed by atoms with Crippen LogP contribution in [0, 0.1) is 5.41 Å². The van der Waals surface area contributed by atoms with Gasteiger partial charge in [-0.3, -0.25) is 0 Å². The summed E-state index contributed by atoms with van der Waals surface area (Å²) in [5.41, 5.74) is 0.164. The molecule has 3 N–H and O–H groups in total. The van der Waals surface area contributed by atoms with Crippen LogP contribution in [0.5, 0.6) is 0 Å². The molecule has 5 nitrogen and oxygen atoms in total. The lowest BCUT2D eigenvalue weighted by Gasteiger charge is -2.30. The van der Waals surface area contributed by atoms with Crippen molar-refractivity contribution in [2.75, 3.05) is 13.1 Å². The van der Waals surface area contributed by atoms with E-state index in [4.69, 9.17) is 4.42 Å². The molecule has 0 bridgehead atoms. The minimum absolute atomic E-state index is 0.136. The second kappa shape index (κ2) is 7.94. The fraction of sp³-hybridized carbons (Fsp3) is 0.667. The number of hydrogen-bond donors (Lipinski definition) is 3. The van der Waals surface area contributed by atoms with E-state index < -0.39 is 6.10 Å². The fourth-order valence-corrected chi connectivity index (χ4v) is 2.23. The first kappa shape index (κ1) is 16.6. The molecule has 0 saturated heterocycles. The molecule has 1 rings (SSSR count). The average molecular weight is 282 g/mol. The van der Waals surface area contributed by atoms with Gasteiger partial charge >= 0.3 is 6.03 Å². The highest BCUT2D eigenvalue weighted by atomic mass is 16.4. The van der Waals surface area contributed by atoms with Crippen LogP contribution in [0.15, 0.2) is 22.8 Å². The van der Waals surface area contributed by atoms with Crippen molar-refractivity contribution in [1.29, 1.82) is 0 Å². The molecule has 0 aromatic carbocycles. The highest BCUT2D eigenvalue weighted by molar-refractivity contribution is 5.73. The van der Waals surface area contributed by atoms with Crippen molar-refractivity contribution < 1.29 is 14.3 Å². The van der Waals surface area contributed by atoms with Crippen molar-refractivity contribution in [2.45, 2.75) is 46.1 Å². The third-order valence-electron chi connectivity index (χ3n) is 4.20. The number of furan rings is 1. The molecule has 0 aliphatic rings. The van der Waals surface area contributed by atoms with Gasteiger partial charge in [0.05, 0.1) is 12.8 Å². The summed E-state index contributed by atoms with van der Waals surface area (Å²) in [6.45, 7) is 7.23. The molecular formula is C15H26N2O3. The number of carbonyl (C=O) groups is 1. The summed E-state index contributed by atoms with van der Waals surface area (Å²) in [5.74, 6) is 0.454. The Morgan fingerprint density at radius 3 is 2.45 bits per heavy atom. The summed E-state index contributed by atoms with van der Waals surface area (Å²) in [7, 11) is 0. The fourth-order valence-electron chi connectivity index (χ4n) is 2.23. The first-order valence-corrected chi connectivity index (χ1v) is 7.30. The van der Waals surface area contributed by atoms with E-state index in [0.29, 0.717) is 12.3 Å². The molecule has 0 radical (unpaired) electrons. The van der Waals surface area contributed by atoms with E-state index in [9.17, 15) is 9.90 Å². The van der Waals surface area contributed by atoms with Crippen LogP contribution < -0.4 is 10.6 Å². The Kier molecular flexibility index (Phi) is 6.58. The number of carbonyl (C=O) groups excluding carboxylic acids is 1. The second-order valence-corrected chi connectivity index (χ2v) is 5.16. The van der Waals surface area contributed by atoms with Gasteiger partial charge < -0.3 is 20.2 Å². The number of rotatable bonds is 8. The second-order valence-electron chi connectivity index (χ2n) is 5.16. The number of nitrogens with one attached hydrogen (secondary N) is 2. The van der Waals surface area contributed by atoms with Crippen LogP contribution in [0.25, 0.3) is 0 Å². The Hall–Kier alpha value is -1.49. The van der Waals surface area contributed by atoms with Crippen molar-refractivity contribution in [3.8, 4) is 0 Å². The van der Waals surface area contributed by atoms with Gasteiger partial charge in [-0.2, -0.15) is 0 Å². The molecule has 1 aromatic rings. The van der Waals surface area contributed by atoms with Gasteiger partial charge in [-0.1, -0.05) is 20.8 Å². The smallest absolute Gasteiger partial charge is 0.314 e. The van der Waals surface area contributed by atoms with Crippen molar-refractivity contribution in [1.82, 2.24) is 10.6 Å². The molecule has 2 amide bonds. The highest BCUT2D eigenvalue weighted by Crippen LogP contribution is 2.29.